The fraction of sp³-hybridized carbons (Fsp3) is 0.0625. The highest BCUT2D eigenvalue weighted by atomic mass is 19.4. The largest absolute Gasteiger partial charge is 0.416 e. The van der Waals surface area contributed by atoms with Crippen molar-refractivity contribution in [3.8, 4) is 0 Å². The molecule has 0 atom stereocenters. The second-order valence-corrected chi connectivity index (χ2v) is 5.05. The van der Waals surface area contributed by atoms with E-state index in [-0.39, 0.29) is 11.4 Å². The fourth-order valence-corrected chi connectivity index (χ4v) is 2.23. The number of nitrogens with one attached hydrogen (secondary N) is 3. The Balaban J connectivity index is 1.70. The molecule has 0 aliphatic rings. The predicted molar refractivity (Wildman–Crippen MR) is 82.3 cm³/mol. The maximum Gasteiger partial charge on any atom is 0.416 e. The van der Waals surface area contributed by atoms with Crippen molar-refractivity contribution in [1.29, 1.82) is 0 Å². The second-order valence-electron chi connectivity index (χ2n) is 5.05. The Morgan fingerprint density at radius 3 is 2.29 bits per heavy atom. The van der Waals surface area contributed by atoms with Gasteiger partial charge in [0.1, 0.15) is 5.82 Å². The molecule has 3 N–H and O–H groups in total. The van der Waals surface area contributed by atoms with E-state index in [1.165, 1.54) is 0 Å². The summed E-state index contributed by atoms with van der Waals surface area (Å²) >= 11 is 0. The number of fused-ring (bicyclic) bond motifs is 1. The summed E-state index contributed by atoms with van der Waals surface area (Å²) in [6.45, 7) is 0. The van der Waals surface area contributed by atoms with Crippen molar-refractivity contribution in [3.63, 3.8) is 0 Å². The van der Waals surface area contributed by atoms with Crippen molar-refractivity contribution in [3.05, 3.63) is 60.0 Å². The van der Waals surface area contributed by atoms with E-state index in [2.05, 4.69) is 15.6 Å². The molecule has 124 valence electrons. The predicted octanol–water partition coefficient (Wildman–Crippen LogP) is 4.97. The van der Waals surface area contributed by atoms with Crippen LogP contribution in [0.4, 0.5) is 33.7 Å². The van der Waals surface area contributed by atoms with Crippen LogP contribution >= 0.6 is 0 Å². The van der Waals surface area contributed by atoms with Crippen molar-refractivity contribution in [2.45, 2.75) is 6.18 Å². The van der Waals surface area contributed by atoms with Crippen LogP contribution in [0.1, 0.15) is 5.56 Å². The summed E-state index contributed by atoms with van der Waals surface area (Å²) in [5.41, 5.74) is 0.0985. The molecule has 0 spiro atoms. The van der Waals surface area contributed by atoms with E-state index in [1.54, 1.807) is 18.3 Å². The Kier molecular flexibility index (Phi) is 3.88. The fourth-order valence-electron chi connectivity index (χ4n) is 2.23. The molecule has 2 amide bonds. The number of alkyl halides is 3. The average molecular weight is 337 g/mol. The van der Waals surface area contributed by atoms with E-state index in [0.29, 0.717) is 10.9 Å². The van der Waals surface area contributed by atoms with Gasteiger partial charge in [0.05, 0.1) is 11.1 Å². The quantitative estimate of drug-likeness (QED) is 0.568. The van der Waals surface area contributed by atoms with E-state index in [1.807, 2.05) is 0 Å². The molecule has 24 heavy (non-hydrogen) atoms. The SMILES string of the molecule is O=C(Nc1ccc(C(F)(F)F)cc1)Nc1cc(F)c2cc[nH]c2c1. The van der Waals surface area contributed by atoms with Crippen molar-refractivity contribution in [2.24, 2.45) is 0 Å². The summed E-state index contributed by atoms with van der Waals surface area (Å²) in [4.78, 5) is 14.7. The Bertz CT molecular complexity index is 884. The molecule has 0 radical (unpaired) electrons. The minimum atomic E-state index is -4.44. The lowest BCUT2D eigenvalue weighted by molar-refractivity contribution is -0.137. The number of rotatable bonds is 2. The van der Waals surface area contributed by atoms with Gasteiger partial charge in [-0.2, -0.15) is 13.2 Å². The van der Waals surface area contributed by atoms with Gasteiger partial charge in [0, 0.05) is 23.0 Å². The maximum atomic E-state index is 13.8. The first-order chi connectivity index (χ1) is 11.3. The molecule has 0 saturated heterocycles. The molecule has 0 aliphatic carbocycles. The molecule has 2 aromatic carbocycles. The highest BCUT2D eigenvalue weighted by molar-refractivity contribution is 6.01. The Morgan fingerprint density at radius 1 is 0.958 bits per heavy atom. The summed E-state index contributed by atoms with van der Waals surface area (Å²) in [5.74, 6) is -0.501. The minimum absolute atomic E-state index is 0.182. The Morgan fingerprint density at radius 2 is 1.62 bits per heavy atom. The number of carbonyl (C=O) groups is 1. The van der Waals surface area contributed by atoms with Crippen LogP contribution in [0.15, 0.2) is 48.7 Å². The lowest BCUT2D eigenvalue weighted by Gasteiger charge is -2.10. The van der Waals surface area contributed by atoms with Crippen molar-refractivity contribution < 1.29 is 22.4 Å². The molecular weight excluding hydrogens is 326 g/mol. The van der Waals surface area contributed by atoms with E-state index >= 15 is 0 Å². The number of amides is 2. The number of H-pyrrole nitrogens is 1. The first-order valence-electron chi connectivity index (χ1n) is 6.85. The highest BCUT2D eigenvalue weighted by Gasteiger charge is 2.29. The van der Waals surface area contributed by atoms with Crippen molar-refractivity contribution in [2.75, 3.05) is 10.6 Å². The smallest absolute Gasteiger partial charge is 0.361 e. The molecule has 3 aromatic rings. The number of aromatic amines is 1. The molecule has 8 heteroatoms. The van der Waals surface area contributed by atoms with Gasteiger partial charge in [-0.15, -0.1) is 0 Å². The zero-order chi connectivity index (χ0) is 17.3. The van der Waals surface area contributed by atoms with E-state index in [9.17, 15) is 22.4 Å². The molecule has 4 nitrogen and oxygen atoms in total. The van der Waals surface area contributed by atoms with Gasteiger partial charge < -0.3 is 15.6 Å². The number of aromatic nitrogens is 1. The van der Waals surface area contributed by atoms with Gasteiger partial charge in [0.25, 0.3) is 0 Å². The first kappa shape index (κ1) is 15.9. The lowest BCUT2D eigenvalue weighted by Crippen LogP contribution is -2.19. The second kappa shape index (κ2) is 5.88. The van der Waals surface area contributed by atoms with Gasteiger partial charge in [-0.05, 0) is 42.5 Å². The van der Waals surface area contributed by atoms with Gasteiger partial charge in [-0.25, -0.2) is 9.18 Å². The third-order valence-corrected chi connectivity index (χ3v) is 3.35. The zero-order valence-corrected chi connectivity index (χ0v) is 12.0. The van der Waals surface area contributed by atoms with Crippen molar-refractivity contribution >= 4 is 28.3 Å². The van der Waals surface area contributed by atoms with Gasteiger partial charge in [-0.3, -0.25) is 0 Å². The number of anilines is 2. The van der Waals surface area contributed by atoms with Crippen LogP contribution in [-0.4, -0.2) is 11.0 Å². The van der Waals surface area contributed by atoms with Gasteiger partial charge in [-0.1, -0.05) is 0 Å². The van der Waals surface area contributed by atoms with Gasteiger partial charge in [0.2, 0.25) is 0 Å². The molecule has 0 aliphatic heterocycles. The number of benzene rings is 2. The summed E-state index contributed by atoms with van der Waals surface area (Å²) in [6.07, 6.45) is -2.87. The number of hydrogen-bond acceptors (Lipinski definition) is 1. The van der Waals surface area contributed by atoms with Crippen LogP contribution in [0.3, 0.4) is 0 Å². The summed E-state index contributed by atoms with van der Waals surface area (Å²) in [5, 5.41) is 5.20. The third-order valence-electron chi connectivity index (χ3n) is 3.35. The highest BCUT2D eigenvalue weighted by Crippen LogP contribution is 2.30. The third kappa shape index (κ3) is 3.32. The standard InChI is InChI=1S/C16H11F4N3O/c17-13-7-11(8-14-12(13)5-6-21-14)23-15(24)22-10-3-1-9(2-4-10)16(18,19)20/h1-8,21H,(H2,22,23,24). The molecule has 0 fully saturated rings. The topological polar surface area (TPSA) is 56.9 Å². The van der Waals surface area contributed by atoms with E-state index < -0.39 is 23.6 Å². The van der Waals surface area contributed by atoms with E-state index in [4.69, 9.17) is 0 Å². The number of urea groups is 1. The number of carbonyl (C=O) groups excluding carboxylic acids is 1. The molecule has 0 bridgehead atoms. The van der Waals surface area contributed by atoms with Crippen molar-refractivity contribution in [1.82, 2.24) is 4.98 Å². The number of hydrogen-bond donors (Lipinski definition) is 3. The molecule has 0 unspecified atom stereocenters. The Labute approximate surface area is 133 Å². The number of halogens is 4. The minimum Gasteiger partial charge on any atom is -0.361 e. The first-order valence-corrected chi connectivity index (χ1v) is 6.85. The summed E-state index contributed by atoms with van der Waals surface area (Å²) in [7, 11) is 0. The lowest BCUT2D eigenvalue weighted by atomic mass is 10.2. The summed E-state index contributed by atoms with van der Waals surface area (Å²) < 4.78 is 51.2. The Hall–Kier alpha value is -3.03. The van der Waals surface area contributed by atoms with Crippen LogP contribution in [-0.2, 0) is 6.18 Å². The van der Waals surface area contributed by atoms with Gasteiger partial charge >= 0.3 is 12.2 Å². The molecule has 0 saturated carbocycles. The molecule has 3 rings (SSSR count). The van der Waals surface area contributed by atoms with E-state index in [0.717, 1.165) is 30.3 Å². The average Bonchev–Trinajstić information content (AvgIpc) is 2.95. The normalized spacial score (nSPS) is 11.5. The monoisotopic (exact) mass is 337 g/mol. The van der Waals surface area contributed by atoms with Crippen LogP contribution in [0.5, 0.6) is 0 Å². The molecule has 1 heterocycles. The van der Waals surface area contributed by atoms with Crippen LogP contribution in [0, 0.1) is 5.82 Å². The zero-order valence-electron chi connectivity index (χ0n) is 12.0. The molecular formula is C16H11F4N3O. The summed E-state index contributed by atoms with van der Waals surface area (Å²) in [6, 6.07) is 7.57. The van der Waals surface area contributed by atoms with Gasteiger partial charge in [0.15, 0.2) is 0 Å². The van der Waals surface area contributed by atoms with Crippen LogP contribution in [0.25, 0.3) is 10.9 Å². The maximum absolute atomic E-state index is 13.8. The van der Waals surface area contributed by atoms with Crippen LogP contribution < -0.4 is 10.6 Å². The molecule has 1 aromatic heterocycles. The van der Waals surface area contributed by atoms with Crippen LogP contribution in [0.2, 0.25) is 0 Å².